The minimum absolute atomic E-state index is 0.0637. The lowest BCUT2D eigenvalue weighted by atomic mass is 10.3. The number of nitrogens with two attached hydrogens (primary N) is 1. The standard InChI is InChI=1S/C13H18N6O/c14-9-6-11(19(7-9)10-3-4-10)13(20)15-5-1-2-12-16-8-17-18-12/h6-8,10H,1-5,14H2,(H,15,20)(H,16,17,18). The van der Waals surface area contributed by atoms with E-state index in [0.717, 1.165) is 31.5 Å². The van der Waals surface area contributed by atoms with Gasteiger partial charge in [-0.3, -0.25) is 9.89 Å². The zero-order valence-electron chi connectivity index (χ0n) is 11.2. The quantitative estimate of drug-likeness (QED) is 0.681. The summed E-state index contributed by atoms with van der Waals surface area (Å²) < 4.78 is 1.99. The van der Waals surface area contributed by atoms with Crippen LogP contribution < -0.4 is 11.1 Å². The maximum atomic E-state index is 12.1. The third-order valence-corrected chi connectivity index (χ3v) is 3.38. The Balaban J connectivity index is 1.51. The number of anilines is 1. The first-order chi connectivity index (χ1) is 9.74. The number of nitrogens with zero attached hydrogens (tertiary/aromatic N) is 3. The average molecular weight is 274 g/mol. The Labute approximate surface area is 116 Å². The van der Waals surface area contributed by atoms with Crippen molar-refractivity contribution in [3.8, 4) is 0 Å². The molecule has 1 saturated carbocycles. The molecular formula is C13H18N6O. The Kier molecular flexibility index (Phi) is 3.41. The summed E-state index contributed by atoms with van der Waals surface area (Å²) in [6.07, 6.45) is 7.17. The van der Waals surface area contributed by atoms with Gasteiger partial charge in [-0.05, 0) is 25.3 Å². The van der Waals surface area contributed by atoms with E-state index in [-0.39, 0.29) is 5.91 Å². The van der Waals surface area contributed by atoms with Crippen LogP contribution in [0.2, 0.25) is 0 Å². The molecule has 1 amide bonds. The molecule has 2 aromatic heterocycles. The van der Waals surface area contributed by atoms with Crippen molar-refractivity contribution in [1.82, 2.24) is 25.1 Å². The first-order valence-corrected chi connectivity index (χ1v) is 6.84. The minimum atomic E-state index is -0.0637. The van der Waals surface area contributed by atoms with Gasteiger partial charge in [0.25, 0.3) is 5.91 Å². The predicted molar refractivity (Wildman–Crippen MR) is 74.2 cm³/mol. The highest BCUT2D eigenvalue weighted by molar-refractivity contribution is 5.93. The van der Waals surface area contributed by atoms with Crippen LogP contribution in [0.1, 0.15) is 41.6 Å². The van der Waals surface area contributed by atoms with E-state index in [0.29, 0.717) is 24.0 Å². The summed E-state index contributed by atoms with van der Waals surface area (Å²) in [4.78, 5) is 16.2. The van der Waals surface area contributed by atoms with Gasteiger partial charge in [-0.1, -0.05) is 0 Å². The molecule has 4 N–H and O–H groups in total. The monoisotopic (exact) mass is 274 g/mol. The van der Waals surface area contributed by atoms with Crippen LogP contribution in [0.3, 0.4) is 0 Å². The molecule has 0 atom stereocenters. The lowest BCUT2D eigenvalue weighted by Gasteiger charge is -2.08. The lowest BCUT2D eigenvalue weighted by Crippen LogP contribution is -2.27. The summed E-state index contributed by atoms with van der Waals surface area (Å²) in [6.45, 7) is 0.606. The van der Waals surface area contributed by atoms with Gasteiger partial charge in [-0.15, -0.1) is 0 Å². The number of aromatic amines is 1. The Morgan fingerprint density at radius 1 is 1.55 bits per heavy atom. The molecule has 0 aromatic carbocycles. The van der Waals surface area contributed by atoms with E-state index < -0.39 is 0 Å². The number of H-pyrrole nitrogens is 1. The normalized spacial score (nSPS) is 14.4. The molecule has 3 rings (SSSR count). The molecule has 2 heterocycles. The van der Waals surface area contributed by atoms with Crippen LogP contribution >= 0.6 is 0 Å². The highest BCUT2D eigenvalue weighted by Crippen LogP contribution is 2.37. The van der Waals surface area contributed by atoms with Gasteiger partial charge >= 0.3 is 0 Å². The molecule has 7 heteroatoms. The lowest BCUT2D eigenvalue weighted by molar-refractivity contribution is 0.0943. The number of nitrogens with one attached hydrogen (secondary N) is 2. The molecule has 0 aliphatic heterocycles. The van der Waals surface area contributed by atoms with Crippen LogP contribution in [0.4, 0.5) is 5.69 Å². The van der Waals surface area contributed by atoms with Gasteiger partial charge in [0.05, 0.1) is 5.69 Å². The van der Waals surface area contributed by atoms with E-state index in [4.69, 9.17) is 5.73 Å². The molecule has 0 unspecified atom stereocenters. The molecule has 0 bridgehead atoms. The number of aromatic nitrogens is 4. The van der Waals surface area contributed by atoms with Crippen LogP contribution in [0.5, 0.6) is 0 Å². The fourth-order valence-corrected chi connectivity index (χ4v) is 2.24. The molecule has 1 aliphatic carbocycles. The van der Waals surface area contributed by atoms with E-state index in [1.807, 2.05) is 10.8 Å². The number of nitrogen functional groups attached to an aromatic ring is 1. The van der Waals surface area contributed by atoms with Crippen LogP contribution in [-0.4, -0.2) is 32.2 Å². The van der Waals surface area contributed by atoms with Crippen molar-refractivity contribution >= 4 is 11.6 Å². The van der Waals surface area contributed by atoms with Crippen molar-refractivity contribution in [2.24, 2.45) is 0 Å². The third kappa shape index (κ3) is 2.81. The number of hydrogen-bond donors (Lipinski definition) is 3. The zero-order chi connectivity index (χ0) is 13.9. The van der Waals surface area contributed by atoms with E-state index in [9.17, 15) is 4.79 Å². The van der Waals surface area contributed by atoms with Gasteiger partial charge < -0.3 is 15.6 Å². The first-order valence-electron chi connectivity index (χ1n) is 6.84. The van der Waals surface area contributed by atoms with Gasteiger partial charge in [0.15, 0.2) is 0 Å². The SMILES string of the molecule is Nc1cc(C(=O)NCCCc2ncn[nH]2)n(C2CC2)c1. The van der Waals surface area contributed by atoms with Crippen molar-refractivity contribution in [1.29, 1.82) is 0 Å². The Bertz CT molecular complexity index is 584. The number of carbonyl (C=O) groups is 1. The summed E-state index contributed by atoms with van der Waals surface area (Å²) in [7, 11) is 0. The maximum Gasteiger partial charge on any atom is 0.267 e. The molecule has 1 aliphatic rings. The van der Waals surface area contributed by atoms with Crippen molar-refractivity contribution in [2.45, 2.75) is 31.7 Å². The summed E-state index contributed by atoms with van der Waals surface area (Å²) in [5.74, 6) is 0.774. The van der Waals surface area contributed by atoms with Crippen molar-refractivity contribution in [3.05, 3.63) is 30.1 Å². The molecule has 0 spiro atoms. The second-order valence-corrected chi connectivity index (χ2v) is 5.09. The van der Waals surface area contributed by atoms with E-state index in [1.54, 1.807) is 6.07 Å². The number of aryl methyl sites for hydroxylation is 1. The molecule has 0 radical (unpaired) electrons. The Morgan fingerprint density at radius 2 is 2.40 bits per heavy atom. The molecule has 20 heavy (non-hydrogen) atoms. The van der Waals surface area contributed by atoms with Gasteiger partial charge in [0.2, 0.25) is 0 Å². The van der Waals surface area contributed by atoms with Crippen LogP contribution in [0.25, 0.3) is 0 Å². The topological polar surface area (TPSA) is 102 Å². The van der Waals surface area contributed by atoms with Gasteiger partial charge in [0.1, 0.15) is 17.8 Å². The largest absolute Gasteiger partial charge is 0.397 e. The molecule has 2 aromatic rings. The zero-order valence-corrected chi connectivity index (χ0v) is 11.2. The van der Waals surface area contributed by atoms with Crippen molar-refractivity contribution in [3.63, 3.8) is 0 Å². The number of amides is 1. The van der Waals surface area contributed by atoms with E-state index in [2.05, 4.69) is 20.5 Å². The summed E-state index contributed by atoms with van der Waals surface area (Å²) in [6, 6.07) is 2.19. The Morgan fingerprint density at radius 3 is 3.10 bits per heavy atom. The van der Waals surface area contributed by atoms with E-state index >= 15 is 0 Å². The molecule has 0 saturated heterocycles. The van der Waals surface area contributed by atoms with Crippen molar-refractivity contribution in [2.75, 3.05) is 12.3 Å². The fourth-order valence-electron chi connectivity index (χ4n) is 2.24. The summed E-state index contributed by atoms with van der Waals surface area (Å²) in [5, 5.41) is 9.50. The van der Waals surface area contributed by atoms with E-state index in [1.165, 1.54) is 6.33 Å². The molecule has 106 valence electrons. The van der Waals surface area contributed by atoms with Crippen LogP contribution in [0.15, 0.2) is 18.6 Å². The summed E-state index contributed by atoms with van der Waals surface area (Å²) >= 11 is 0. The number of carbonyl (C=O) groups excluding carboxylic acids is 1. The molecule has 7 nitrogen and oxygen atoms in total. The third-order valence-electron chi connectivity index (χ3n) is 3.38. The van der Waals surface area contributed by atoms with Crippen LogP contribution in [-0.2, 0) is 6.42 Å². The summed E-state index contributed by atoms with van der Waals surface area (Å²) in [5.41, 5.74) is 7.08. The minimum Gasteiger partial charge on any atom is -0.397 e. The second-order valence-electron chi connectivity index (χ2n) is 5.09. The molecular weight excluding hydrogens is 256 g/mol. The van der Waals surface area contributed by atoms with Gasteiger partial charge in [0, 0.05) is 25.2 Å². The maximum absolute atomic E-state index is 12.1. The van der Waals surface area contributed by atoms with Crippen LogP contribution in [0, 0.1) is 0 Å². The smallest absolute Gasteiger partial charge is 0.267 e. The average Bonchev–Trinajstić information content (AvgIpc) is 3.00. The predicted octanol–water partition coefficient (Wildman–Crippen LogP) is 0.886. The van der Waals surface area contributed by atoms with Crippen molar-refractivity contribution < 1.29 is 4.79 Å². The Hall–Kier alpha value is -2.31. The fraction of sp³-hybridized carbons (Fsp3) is 0.462. The van der Waals surface area contributed by atoms with Gasteiger partial charge in [-0.2, -0.15) is 5.10 Å². The second kappa shape index (κ2) is 5.36. The molecule has 1 fully saturated rings. The van der Waals surface area contributed by atoms with Gasteiger partial charge in [-0.25, -0.2) is 4.98 Å². The highest BCUT2D eigenvalue weighted by atomic mass is 16.1. The highest BCUT2D eigenvalue weighted by Gasteiger charge is 2.27. The number of hydrogen-bond acceptors (Lipinski definition) is 4. The number of rotatable bonds is 6. The first kappa shape index (κ1) is 12.7.